The van der Waals surface area contributed by atoms with Crippen molar-refractivity contribution in [2.45, 2.75) is 69.0 Å². The molecular weight excluding hydrogens is 1420 g/mol. The zero-order chi connectivity index (χ0) is 78.8. The fourth-order valence-electron chi connectivity index (χ4n) is 11.6. The first kappa shape index (κ1) is 80.3. The number of rotatable bonds is 26. The van der Waals surface area contributed by atoms with Gasteiger partial charge in [0.1, 0.15) is 129 Å². The van der Waals surface area contributed by atoms with Crippen molar-refractivity contribution in [3.63, 3.8) is 0 Å². The van der Waals surface area contributed by atoms with E-state index < -0.39 is 23.7 Å². The van der Waals surface area contributed by atoms with Gasteiger partial charge in [-0.1, -0.05) is 18.2 Å². The average molecular weight is 1510 g/mol. The van der Waals surface area contributed by atoms with Crippen molar-refractivity contribution in [2.75, 3.05) is 172 Å². The van der Waals surface area contributed by atoms with Gasteiger partial charge in [0.2, 0.25) is 17.7 Å². The molecule has 6 aliphatic rings. The zero-order valence-corrected chi connectivity index (χ0v) is 62.3. The van der Waals surface area contributed by atoms with Gasteiger partial charge in [0.25, 0.3) is 0 Å². The Balaban J connectivity index is 0.000000176. The van der Waals surface area contributed by atoms with Crippen LogP contribution in [0.4, 0.5) is 49.3 Å². The molecule has 4 aliphatic heterocycles. The van der Waals surface area contributed by atoms with Gasteiger partial charge in [0.15, 0.2) is 18.9 Å². The molecule has 0 spiro atoms. The van der Waals surface area contributed by atoms with Gasteiger partial charge in [-0.2, -0.15) is 15.8 Å². The molecule has 1 unspecified atom stereocenters. The summed E-state index contributed by atoms with van der Waals surface area (Å²) in [5.41, 5.74) is 2.22. The van der Waals surface area contributed by atoms with E-state index in [4.69, 9.17) is 28.4 Å². The van der Waals surface area contributed by atoms with Crippen molar-refractivity contribution in [1.82, 2.24) is 59.3 Å². The standard InChI is InChI=1S/2C25H29N7O5.C24H27N7O5/c1-30-8-9-32(23(34)14-30)13-17-4-5-22(28-19(17)15-33)31(2)24(35)29-21-10-20(18(11-26)12-27-21)37-16-25(36-3)6-7-25;1-30-8-9-32(23(34)14-30)13-17-4-5-22(28-19(17)15-33)31(2)24(35)29-21-10-20(18(11-26)12-27-21)37-25(6-7-25)16-36-3;1-29-6-7-31(23(33)13-29)12-16-3-4-22(27-19(16)14-32)30(2)24(34)28-21-9-20(17(10-25)11-26-21)36-15-18-5-8-35-18/h2*4-5,10,12,15H,6-9,13-14,16H2,1-3H3,(H,27,29,35);3-4,9,11,14,18H,5-8,12-13,15H2,1-2H3,(H,26,28,34). The second kappa shape index (κ2) is 36.6. The van der Waals surface area contributed by atoms with Gasteiger partial charge in [0, 0.05) is 142 Å². The predicted molar refractivity (Wildman–Crippen MR) is 396 cm³/mol. The lowest BCUT2D eigenvalue weighted by molar-refractivity contribution is -0.136. The van der Waals surface area contributed by atoms with Gasteiger partial charge in [-0.15, -0.1) is 0 Å². The molecule has 6 fully saturated rings. The Hall–Kier alpha value is -12.2. The molecule has 0 bridgehead atoms. The molecule has 1 atom stereocenters. The molecule has 2 saturated carbocycles. The van der Waals surface area contributed by atoms with Crippen molar-refractivity contribution in [2.24, 2.45) is 0 Å². The first-order valence-electron chi connectivity index (χ1n) is 35.1. The third-order valence-corrected chi connectivity index (χ3v) is 19.0. The Kier molecular flexibility index (Phi) is 26.7. The van der Waals surface area contributed by atoms with Crippen LogP contribution >= 0.6 is 0 Å². The molecule has 110 heavy (non-hydrogen) atoms. The number of carbonyl (C=O) groups excluding carboxylic acids is 9. The van der Waals surface area contributed by atoms with Crippen LogP contribution in [0.3, 0.4) is 0 Å². The normalized spacial score (nSPS) is 16.9. The molecule has 2 aliphatic carbocycles. The van der Waals surface area contributed by atoms with Crippen molar-refractivity contribution >= 4 is 89.6 Å². The van der Waals surface area contributed by atoms with Gasteiger partial charge < -0.3 is 43.1 Å². The number of methoxy groups -OCH3 is 2. The van der Waals surface area contributed by atoms with Gasteiger partial charge in [-0.25, -0.2) is 44.3 Å². The summed E-state index contributed by atoms with van der Waals surface area (Å²) in [5, 5.41) is 36.1. The fourth-order valence-corrected chi connectivity index (χ4v) is 11.6. The second-order valence-electron chi connectivity index (χ2n) is 27.1. The molecule has 6 aromatic heterocycles. The third-order valence-electron chi connectivity index (χ3n) is 19.0. The zero-order valence-electron chi connectivity index (χ0n) is 62.3. The van der Waals surface area contributed by atoms with Crippen LogP contribution in [-0.2, 0) is 48.2 Å². The van der Waals surface area contributed by atoms with Crippen LogP contribution in [-0.4, -0.2) is 273 Å². The van der Waals surface area contributed by atoms with E-state index in [0.29, 0.717) is 118 Å². The third kappa shape index (κ3) is 20.7. The monoisotopic (exact) mass is 1510 g/mol. The van der Waals surface area contributed by atoms with Gasteiger partial charge in [-0.05, 0) is 65.0 Å². The van der Waals surface area contributed by atoms with Gasteiger partial charge >= 0.3 is 18.1 Å². The summed E-state index contributed by atoms with van der Waals surface area (Å²) in [6.07, 6.45) is 10.1. The van der Waals surface area contributed by atoms with Crippen LogP contribution in [0, 0.1) is 34.0 Å². The number of hydrogen-bond acceptors (Lipinski definition) is 27. The summed E-state index contributed by atoms with van der Waals surface area (Å²) in [6, 6.07) is 18.8. The number of nitriles is 3. The second-order valence-corrected chi connectivity index (χ2v) is 27.1. The average Bonchev–Trinajstić information content (AvgIpc) is 1.64. The molecule has 10 heterocycles. The summed E-state index contributed by atoms with van der Waals surface area (Å²) in [5.74, 6) is 2.17. The molecule has 0 aromatic carbocycles. The van der Waals surface area contributed by atoms with Crippen LogP contribution in [0.1, 0.15) is 97.0 Å². The fraction of sp³-hybridized carbons (Fsp3) is 0.432. The van der Waals surface area contributed by atoms with Crippen LogP contribution in [0.15, 0.2) is 73.2 Å². The van der Waals surface area contributed by atoms with E-state index >= 15 is 0 Å². The number of aromatic nitrogens is 6. The number of piperazine rings is 3. The molecule has 36 heteroatoms. The van der Waals surface area contributed by atoms with E-state index in [1.54, 1.807) is 65.3 Å². The largest absolute Gasteiger partial charge is 0.489 e. The van der Waals surface area contributed by atoms with Gasteiger partial charge in [0.05, 0.1) is 50.9 Å². The minimum absolute atomic E-state index is 0.00989. The number of amides is 9. The highest BCUT2D eigenvalue weighted by Gasteiger charge is 2.47. The number of pyridine rings is 6. The quantitative estimate of drug-likeness (QED) is 0.0625. The van der Waals surface area contributed by atoms with Crippen LogP contribution in [0.2, 0.25) is 0 Å². The number of ether oxygens (including phenoxy) is 6. The number of aldehydes is 3. The summed E-state index contributed by atoms with van der Waals surface area (Å²) in [4.78, 5) is 151. The van der Waals surface area contributed by atoms with Crippen molar-refractivity contribution in [3.05, 3.63) is 124 Å². The number of likely N-dealkylation sites (N-methyl/N-ethyl adjacent to an activating group) is 3. The smallest absolute Gasteiger partial charge is 0.328 e. The number of carbonyl (C=O) groups is 9. The van der Waals surface area contributed by atoms with Crippen molar-refractivity contribution in [3.8, 4) is 35.5 Å². The Morgan fingerprint density at radius 2 is 0.891 bits per heavy atom. The summed E-state index contributed by atoms with van der Waals surface area (Å²) >= 11 is 0. The van der Waals surface area contributed by atoms with Crippen LogP contribution in [0.5, 0.6) is 17.2 Å². The highest BCUT2D eigenvalue weighted by molar-refractivity contribution is 6.02. The summed E-state index contributed by atoms with van der Waals surface area (Å²) in [6.45, 7) is 7.42. The maximum atomic E-state index is 12.9. The lowest BCUT2D eigenvalue weighted by Gasteiger charge is -2.32. The molecule has 576 valence electrons. The lowest BCUT2D eigenvalue weighted by Crippen LogP contribution is -2.48. The first-order chi connectivity index (χ1) is 52.9. The topological polar surface area (TPSA) is 423 Å². The highest BCUT2D eigenvalue weighted by Crippen LogP contribution is 2.42. The maximum absolute atomic E-state index is 12.9. The Morgan fingerprint density at radius 1 is 0.536 bits per heavy atom. The molecule has 6 aromatic rings. The summed E-state index contributed by atoms with van der Waals surface area (Å²) in [7, 11) is 13.4. The van der Waals surface area contributed by atoms with Crippen molar-refractivity contribution < 1.29 is 71.6 Å². The number of urea groups is 3. The van der Waals surface area contributed by atoms with E-state index in [1.165, 1.54) is 72.6 Å². The highest BCUT2D eigenvalue weighted by atomic mass is 16.6. The van der Waals surface area contributed by atoms with Crippen molar-refractivity contribution in [1.29, 1.82) is 15.8 Å². The van der Waals surface area contributed by atoms with E-state index in [-0.39, 0.29) is 118 Å². The Bertz CT molecular complexity index is 4570. The SMILES string of the molecule is CN1CCN(Cc2ccc(N(C)C(=O)Nc3cc(OCC4CCO4)c(C#N)cn3)nc2C=O)C(=O)C1.COC1(COc2cc(NC(=O)N(C)c3ccc(CN4CCN(C)CC4=O)c(C=O)n3)ncc2C#N)CC1.COCC1(Oc2cc(NC(=O)N(C)c3ccc(CN4CCN(C)CC4=O)c(C=O)n3)ncc2C#N)CC1. The van der Waals surface area contributed by atoms with E-state index in [1.807, 2.05) is 54.1 Å². The molecule has 0 radical (unpaired) electrons. The minimum Gasteiger partial charge on any atom is -0.489 e. The summed E-state index contributed by atoms with van der Waals surface area (Å²) < 4.78 is 33.5. The lowest BCUT2D eigenvalue weighted by atomic mass is 10.1. The molecule has 3 N–H and O–H groups in total. The maximum Gasteiger partial charge on any atom is 0.328 e. The number of nitrogens with one attached hydrogen (secondary N) is 3. The van der Waals surface area contributed by atoms with E-state index in [0.717, 1.165) is 51.7 Å². The minimum atomic E-state index is -0.551. The molecule has 12 rings (SSSR count). The molecular formula is C74H85N21O15. The van der Waals surface area contributed by atoms with E-state index in [2.05, 4.69) is 45.9 Å². The molecule has 9 amide bonds. The predicted octanol–water partition coefficient (Wildman–Crippen LogP) is 4.59. The number of hydrogen-bond donors (Lipinski definition) is 3. The Labute approximate surface area is 634 Å². The van der Waals surface area contributed by atoms with Crippen LogP contribution in [0.25, 0.3) is 0 Å². The van der Waals surface area contributed by atoms with Crippen LogP contribution < -0.4 is 44.9 Å². The number of nitrogens with zero attached hydrogens (tertiary/aromatic N) is 18. The molecule has 4 saturated heterocycles. The number of anilines is 6. The Morgan fingerprint density at radius 3 is 1.20 bits per heavy atom. The van der Waals surface area contributed by atoms with E-state index in [9.17, 15) is 58.9 Å². The molecule has 36 nitrogen and oxygen atoms in total. The van der Waals surface area contributed by atoms with Gasteiger partial charge in [-0.3, -0.25) is 74.1 Å². The first-order valence-corrected chi connectivity index (χ1v) is 35.1.